The van der Waals surface area contributed by atoms with Crippen molar-refractivity contribution < 1.29 is 0 Å². The van der Waals surface area contributed by atoms with Crippen LogP contribution in [-0.2, 0) is 5.41 Å². The summed E-state index contributed by atoms with van der Waals surface area (Å²) in [5, 5.41) is 4.71. The van der Waals surface area contributed by atoms with Crippen molar-refractivity contribution in [3.8, 4) is 33.9 Å². The van der Waals surface area contributed by atoms with Crippen LogP contribution < -0.4 is 0 Å². The summed E-state index contributed by atoms with van der Waals surface area (Å²) in [4.78, 5) is 15.8. The van der Waals surface area contributed by atoms with E-state index in [2.05, 4.69) is 153 Å². The van der Waals surface area contributed by atoms with Crippen LogP contribution in [0.1, 0.15) is 30.8 Å². The molecule has 3 nitrogen and oxygen atoms in total. The number of rotatable bonds is 3. The lowest BCUT2D eigenvalue weighted by molar-refractivity contribution is 0.661. The molecule has 0 saturated heterocycles. The molecule has 0 N–H and O–H groups in total. The highest BCUT2D eigenvalue weighted by molar-refractivity contribution is 6.07. The van der Waals surface area contributed by atoms with E-state index in [1.165, 1.54) is 38.4 Å². The normalized spacial score (nSPS) is 18.9. The second kappa shape index (κ2) is 9.80. The molecule has 3 aliphatic carbocycles. The molecule has 3 heteroatoms. The van der Waals surface area contributed by atoms with E-state index in [-0.39, 0.29) is 11.3 Å². The Morgan fingerprint density at radius 2 is 1.27 bits per heavy atom. The van der Waals surface area contributed by atoms with Gasteiger partial charge in [0, 0.05) is 34.0 Å². The zero-order valence-electron chi connectivity index (χ0n) is 25.3. The van der Waals surface area contributed by atoms with Crippen molar-refractivity contribution in [1.82, 2.24) is 15.0 Å². The Labute approximate surface area is 263 Å². The smallest absolute Gasteiger partial charge is 0.165 e. The van der Waals surface area contributed by atoms with Gasteiger partial charge in [-0.3, -0.25) is 0 Å². The van der Waals surface area contributed by atoms with Gasteiger partial charge in [0.1, 0.15) is 0 Å². The van der Waals surface area contributed by atoms with Crippen LogP contribution in [0.2, 0.25) is 0 Å². The summed E-state index contributed by atoms with van der Waals surface area (Å²) in [5.41, 5.74) is 8.06. The molecule has 1 aromatic heterocycles. The van der Waals surface area contributed by atoms with E-state index in [1.54, 1.807) is 0 Å². The van der Waals surface area contributed by atoms with Gasteiger partial charge in [-0.05, 0) is 55.9 Å². The molecule has 0 fully saturated rings. The minimum atomic E-state index is -0.147. The van der Waals surface area contributed by atoms with Crippen LogP contribution in [-0.4, -0.2) is 15.0 Å². The molecule has 2 unspecified atom stereocenters. The van der Waals surface area contributed by atoms with Gasteiger partial charge in [0.05, 0.1) is 0 Å². The van der Waals surface area contributed by atoms with Crippen LogP contribution in [0.5, 0.6) is 0 Å². The minimum Gasteiger partial charge on any atom is -0.208 e. The van der Waals surface area contributed by atoms with Crippen LogP contribution in [0.25, 0.3) is 61.0 Å². The van der Waals surface area contributed by atoms with Crippen molar-refractivity contribution in [2.45, 2.75) is 19.3 Å². The number of aromatic nitrogens is 3. The van der Waals surface area contributed by atoms with Gasteiger partial charge in [0.2, 0.25) is 0 Å². The van der Waals surface area contributed by atoms with Gasteiger partial charge in [-0.15, -0.1) is 0 Å². The van der Waals surface area contributed by atoms with Crippen LogP contribution in [0.15, 0.2) is 140 Å². The standard InChI is InChI=1S/C42H31N3/c1-42(2)35-18-10-9-17-34(35)37-36(42)25-30-15-7-8-16-33(30)38(37)41-44-39(31-21-19-26-11-3-5-13-28(26)23-31)43-40(45-41)32-22-20-27-12-4-6-14-29(27)24-32/h3-26,28H,1-2H3. The maximum atomic E-state index is 5.32. The maximum absolute atomic E-state index is 5.32. The zero-order valence-corrected chi connectivity index (χ0v) is 25.3. The molecular weight excluding hydrogens is 546 g/mol. The van der Waals surface area contributed by atoms with Gasteiger partial charge < -0.3 is 0 Å². The van der Waals surface area contributed by atoms with Gasteiger partial charge in [-0.25, -0.2) is 15.0 Å². The Morgan fingerprint density at radius 1 is 0.556 bits per heavy atom. The summed E-state index contributed by atoms with van der Waals surface area (Å²) in [5.74, 6) is 2.74. The molecular formula is C42H31N3. The Morgan fingerprint density at radius 3 is 2.16 bits per heavy atom. The molecule has 6 aromatic rings. The molecule has 0 amide bonds. The fraction of sp³-hybridized carbons (Fsp3) is 0.119. The summed E-state index contributed by atoms with van der Waals surface area (Å²) in [7, 11) is 0. The molecule has 2 atom stereocenters. The predicted octanol–water partition coefficient (Wildman–Crippen LogP) is 10.1. The summed E-state index contributed by atoms with van der Waals surface area (Å²) in [6.45, 7) is 4.66. The predicted molar refractivity (Wildman–Crippen MR) is 186 cm³/mol. The van der Waals surface area contributed by atoms with Crippen molar-refractivity contribution in [2.24, 2.45) is 11.8 Å². The van der Waals surface area contributed by atoms with Gasteiger partial charge in [-0.2, -0.15) is 0 Å². The molecule has 0 bridgehead atoms. The lowest BCUT2D eigenvalue weighted by Crippen LogP contribution is -2.15. The fourth-order valence-corrected chi connectivity index (χ4v) is 7.45. The molecule has 3 aliphatic rings. The average Bonchev–Trinajstić information content (AvgIpc) is 3.32. The highest BCUT2D eigenvalue weighted by Gasteiger charge is 2.38. The first-order chi connectivity index (χ1) is 22.0. The Bertz CT molecular complexity index is 2320. The SMILES string of the molecule is CC1(C)c2ccccc2-c2c1cc1ccccc1c2-c1nc(C2=CC3C=CC=CC3C=C2)nc(-c2ccc3ccccc3c2)n1. The van der Waals surface area contributed by atoms with Crippen LogP contribution in [0.4, 0.5) is 0 Å². The van der Waals surface area contributed by atoms with Crippen molar-refractivity contribution in [2.75, 3.05) is 0 Å². The largest absolute Gasteiger partial charge is 0.208 e. The molecule has 0 radical (unpaired) electrons. The molecule has 0 saturated carbocycles. The van der Waals surface area contributed by atoms with E-state index < -0.39 is 0 Å². The van der Waals surface area contributed by atoms with E-state index in [0.29, 0.717) is 23.4 Å². The highest BCUT2D eigenvalue weighted by Crippen LogP contribution is 2.54. The summed E-state index contributed by atoms with van der Waals surface area (Å²) < 4.78 is 0. The fourth-order valence-electron chi connectivity index (χ4n) is 7.45. The number of nitrogens with zero attached hydrogens (tertiary/aromatic N) is 3. The Hall–Kier alpha value is -5.41. The van der Waals surface area contributed by atoms with E-state index in [0.717, 1.165) is 22.1 Å². The Kier molecular flexibility index (Phi) is 5.67. The van der Waals surface area contributed by atoms with Crippen molar-refractivity contribution in [3.63, 3.8) is 0 Å². The van der Waals surface area contributed by atoms with Gasteiger partial charge in [0.15, 0.2) is 17.5 Å². The van der Waals surface area contributed by atoms with Crippen LogP contribution in [0.3, 0.4) is 0 Å². The van der Waals surface area contributed by atoms with E-state index in [4.69, 9.17) is 15.0 Å². The van der Waals surface area contributed by atoms with E-state index in [9.17, 15) is 0 Å². The lowest BCUT2D eigenvalue weighted by atomic mass is 9.81. The van der Waals surface area contributed by atoms with Crippen molar-refractivity contribution in [3.05, 3.63) is 157 Å². The topological polar surface area (TPSA) is 38.7 Å². The molecule has 0 spiro atoms. The van der Waals surface area contributed by atoms with Crippen molar-refractivity contribution >= 4 is 27.1 Å². The Balaban J connectivity index is 1.34. The molecule has 214 valence electrons. The molecule has 9 rings (SSSR count). The van der Waals surface area contributed by atoms with Gasteiger partial charge >= 0.3 is 0 Å². The second-order valence-electron chi connectivity index (χ2n) is 12.8. The first kappa shape index (κ1) is 26.0. The monoisotopic (exact) mass is 577 g/mol. The third kappa shape index (κ3) is 4.08. The third-order valence-corrected chi connectivity index (χ3v) is 9.81. The minimum absolute atomic E-state index is 0.147. The molecule has 0 aliphatic heterocycles. The van der Waals surface area contributed by atoms with Gasteiger partial charge in [0.25, 0.3) is 0 Å². The van der Waals surface area contributed by atoms with Gasteiger partial charge in [-0.1, -0.05) is 141 Å². The number of benzene rings is 5. The number of hydrogen-bond donors (Lipinski definition) is 0. The third-order valence-electron chi connectivity index (χ3n) is 9.81. The first-order valence-corrected chi connectivity index (χ1v) is 15.7. The summed E-state index contributed by atoms with van der Waals surface area (Å²) in [6, 6.07) is 34.8. The van der Waals surface area contributed by atoms with Crippen LogP contribution >= 0.6 is 0 Å². The van der Waals surface area contributed by atoms with E-state index >= 15 is 0 Å². The highest BCUT2D eigenvalue weighted by atomic mass is 15.0. The average molecular weight is 578 g/mol. The summed E-state index contributed by atoms with van der Waals surface area (Å²) >= 11 is 0. The second-order valence-corrected chi connectivity index (χ2v) is 12.8. The molecule has 1 heterocycles. The summed E-state index contributed by atoms with van der Waals surface area (Å²) in [6.07, 6.45) is 15.5. The van der Waals surface area contributed by atoms with E-state index in [1.807, 2.05) is 0 Å². The maximum Gasteiger partial charge on any atom is 0.165 e. The quantitative estimate of drug-likeness (QED) is 0.210. The first-order valence-electron chi connectivity index (χ1n) is 15.7. The molecule has 45 heavy (non-hydrogen) atoms. The number of fused-ring (bicyclic) bond motifs is 6. The number of allylic oxidation sites excluding steroid dienone is 8. The lowest BCUT2D eigenvalue weighted by Gasteiger charge is -2.23. The number of hydrogen-bond acceptors (Lipinski definition) is 3. The van der Waals surface area contributed by atoms with Crippen LogP contribution in [0, 0.1) is 11.8 Å². The zero-order chi connectivity index (χ0) is 30.1. The molecule has 5 aromatic carbocycles. The van der Waals surface area contributed by atoms with Crippen molar-refractivity contribution in [1.29, 1.82) is 0 Å².